The predicted molar refractivity (Wildman–Crippen MR) is 113 cm³/mol. The van der Waals surface area contributed by atoms with Gasteiger partial charge in [0.1, 0.15) is 11.3 Å². The van der Waals surface area contributed by atoms with E-state index in [-0.39, 0.29) is 11.7 Å². The Labute approximate surface area is 168 Å². The Morgan fingerprint density at radius 1 is 1.03 bits per heavy atom. The molecule has 0 saturated carbocycles. The lowest BCUT2D eigenvalue weighted by Crippen LogP contribution is -2.12. The smallest absolute Gasteiger partial charge is 0.255 e. The molecule has 0 bridgehead atoms. The summed E-state index contributed by atoms with van der Waals surface area (Å²) in [5.74, 6) is 0.228. The average Bonchev–Trinajstić information content (AvgIpc) is 3.13. The molecule has 4 rings (SSSR count). The molecule has 29 heavy (non-hydrogen) atoms. The van der Waals surface area contributed by atoms with E-state index in [1.54, 1.807) is 0 Å². The van der Waals surface area contributed by atoms with Crippen LogP contribution in [0.4, 0.5) is 10.1 Å². The normalized spacial score (nSPS) is 11.2. The summed E-state index contributed by atoms with van der Waals surface area (Å²) in [6.07, 6.45) is 0. The lowest BCUT2D eigenvalue weighted by Gasteiger charge is -2.09. The van der Waals surface area contributed by atoms with Crippen molar-refractivity contribution in [2.75, 3.05) is 5.32 Å². The maximum atomic E-state index is 13.1. The van der Waals surface area contributed by atoms with E-state index in [2.05, 4.69) is 24.1 Å². The molecule has 5 heteroatoms. The average molecular weight is 388 g/mol. The third-order valence-electron chi connectivity index (χ3n) is 4.92. The molecular weight excluding hydrogens is 367 g/mol. The number of anilines is 1. The summed E-state index contributed by atoms with van der Waals surface area (Å²) in [5.41, 5.74) is 5.45. The molecule has 3 aromatic carbocycles. The van der Waals surface area contributed by atoms with Crippen LogP contribution >= 0.6 is 0 Å². The van der Waals surface area contributed by atoms with Crippen molar-refractivity contribution >= 4 is 22.7 Å². The number of hydrogen-bond acceptors (Lipinski definition) is 3. The van der Waals surface area contributed by atoms with Crippen molar-refractivity contribution < 1.29 is 13.6 Å². The molecular formula is C24H21FN2O2. The minimum Gasteiger partial charge on any atom is -0.436 e. The first-order chi connectivity index (χ1) is 13.9. The van der Waals surface area contributed by atoms with Crippen LogP contribution in [0.3, 0.4) is 0 Å². The van der Waals surface area contributed by atoms with E-state index in [9.17, 15) is 9.18 Å². The highest BCUT2D eigenvalue weighted by Gasteiger charge is 2.13. The summed E-state index contributed by atoms with van der Waals surface area (Å²) in [4.78, 5) is 17.1. The number of oxazole rings is 1. The Morgan fingerprint density at radius 2 is 1.79 bits per heavy atom. The van der Waals surface area contributed by atoms with Crippen molar-refractivity contribution in [1.29, 1.82) is 0 Å². The van der Waals surface area contributed by atoms with E-state index in [4.69, 9.17) is 4.42 Å². The molecule has 1 heterocycles. The topological polar surface area (TPSA) is 55.1 Å². The van der Waals surface area contributed by atoms with Gasteiger partial charge in [0.2, 0.25) is 5.89 Å². The van der Waals surface area contributed by atoms with Crippen molar-refractivity contribution in [3.63, 3.8) is 0 Å². The molecule has 1 amide bonds. The zero-order chi connectivity index (χ0) is 20.5. The summed E-state index contributed by atoms with van der Waals surface area (Å²) < 4.78 is 19.0. The molecule has 4 nitrogen and oxygen atoms in total. The second kappa shape index (κ2) is 7.51. The largest absolute Gasteiger partial charge is 0.436 e. The van der Waals surface area contributed by atoms with Gasteiger partial charge in [-0.05, 0) is 72.5 Å². The molecule has 0 spiro atoms. The first-order valence-corrected chi connectivity index (χ1v) is 9.49. The van der Waals surface area contributed by atoms with Gasteiger partial charge in [-0.15, -0.1) is 0 Å². The Morgan fingerprint density at radius 3 is 2.52 bits per heavy atom. The van der Waals surface area contributed by atoms with Gasteiger partial charge >= 0.3 is 0 Å². The standard InChI is InChI=1S/C24H21FN2O2/c1-14(2)17-8-11-22-21(12-17)27-24(29-22)18-5-4-15(3)20(13-18)26-23(28)16-6-9-19(25)10-7-16/h4-14H,1-3H3,(H,26,28). The van der Waals surface area contributed by atoms with Crippen LogP contribution < -0.4 is 5.32 Å². The number of nitrogens with one attached hydrogen (secondary N) is 1. The van der Waals surface area contributed by atoms with Crippen LogP contribution in [0, 0.1) is 12.7 Å². The fraction of sp³-hybridized carbons (Fsp3) is 0.167. The Hall–Kier alpha value is -3.47. The van der Waals surface area contributed by atoms with E-state index in [0.717, 1.165) is 22.2 Å². The molecule has 0 aliphatic carbocycles. The van der Waals surface area contributed by atoms with E-state index < -0.39 is 0 Å². The number of nitrogens with zero attached hydrogens (tertiary/aromatic N) is 1. The Kier molecular flexibility index (Phi) is 4.89. The van der Waals surface area contributed by atoms with Crippen LogP contribution in [0.1, 0.15) is 41.3 Å². The van der Waals surface area contributed by atoms with Gasteiger partial charge in [-0.1, -0.05) is 26.0 Å². The highest BCUT2D eigenvalue weighted by Crippen LogP contribution is 2.29. The van der Waals surface area contributed by atoms with Gasteiger partial charge in [0.05, 0.1) is 0 Å². The van der Waals surface area contributed by atoms with Crippen molar-refractivity contribution in [3.8, 4) is 11.5 Å². The van der Waals surface area contributed by atoms with Crippen LogP contribution in [0.5, 0.6) is 0 Å². The number of aromatic nitrogens is 1. The quantitative estimate of drug-likeness (QED) is 0.445. The van der Waals surface area contributed by atoms with E-state index in [1.807, 2.05) is 43.3 Å². The van der Waals surface area contributed by atoms with Crippen LogP contribution in [0.25, 0.3) is 22.6 Å². The summed E-state index contributed by atoms with van der Waals surface area (Å²) >= 11 is 0. The number of carbonyl (C=O) groups excluding carboxylic acids is 1. The Bertz CT molecular complexity index is 1190. The SMILES string of the molecule is Cc1ccc(-c2nc3cc(C(C)C)ccc3o2)cc1NC(=O)c1ccc(F)cc1. The molecule has 1 aromatic heterocycles. The summed E-state index contributed by atoms with van der Waals surface area (Å²) in [6, 6.07) is 17.1. The number of fused-ring (bicyclic) bond motifs is 1. The van der Waals surface area contributed by atoms with Crippen LogP contribution in [-0.2, 0) is 0 Å². The van der Waals surface area contributed by atoms with Gasteiger partial charge in [-0.2, -0.15) is 0 Å². The van der Waals surface area contributed by atoms with Crippen molar-refractivity contribution in [1.82, 2.24) is 4.98 Å². The molecule has 1 N–H and O–H groups in total. The number of hydrogen-bond donors (Lipinski definition) is 1. The third kappa shape index (κ3) is 3.90. The summed E-state index contributed by atoms with van der Waals surface area (Å²) in [7, 11) is 0. The summed E-state index contributed by atoms with van der Waals surface area (Å²) in [5, 5.41) is 2.88. The number of benzene rings is 3. The highest BCUT2D eigenvalue weighted by molar-refractivity contribution is 6.04. The van der Waals surface area contributed by atoms with Gasteiger partial charge in [0.25, 0.3) is 5.91 Å². The van der Waals surface area contributed by atoms with Crippen LogP contribution in [-0.4, -0.2) is 10.9 Å². The molecule has 146 valence electrons. The Balaban J connectivity index is 1.65. The molecule has 0 radical (unpaired) electrons. The third-order valence-corrected chi connectivity index (χ3v) is 4.92. The minimum absolute atomic E-state index is 0.301. The van der Waals surface area contributed by atoms with Crippen molar-refractivity contribution in [2.24, 2.45) is 0 Å². The second-order valence-electron chi connectivity index (χ2n) is 7.39. The molecule has 0 aliphatic rings. The number of aryl methyl sites for hydroxylation is 1. The van der Waals surface area contributed by atoms with Crippen LogP contribution in [0.15, 0.2) is 65.1 Å². The number of carbonyl (C=O) groups is 1. The maximum Gasteiger partial charge on any atom is 0.255 e. The fourth-order valence-electron chi connectivity index (χ4n) is 3.11. The molecule has 0 unspecified atom stereocenters. The predicted octanol–water partition coefficient (Wildman–Crippen LogP) is 6.32. The first-order valence-electron chi connectivity index (χ1n) is 9.49. The second-order valence-corrected chi connectivity index (χ2v) is 7.39. The van der Waals surface area contributed by atoms with Gasteiger partial charge in [0.15, 0.2) is 5.58 Å². The highest BCUT2D eigenvalue weighted by atomic mass is 19.1. The molecule has 0 atom stereocenters. The zero-order valence-corrected chi connectivity index (χ0v) is 16.5. The fourth-order valence-corrected chi connectivity index (χ4v) is 3.11. The van der Waals surface area contributed by atoms with E-state index in [0.29, 0.717) is 23.1 Å². The minimum atomic E-state index is -0.378. The summed E-state index contributed by atoms with van der Waals surface area (Å²) in [6.45, 7) is 6.18. The van der Waals surface area contributed by atoms with Gasteiger partial charge in [0, 0.05) is 16.8 Å². The number of amides is 1. The molecule has 0 saturated heterocycles. The zero-order valence-electron chi connectivity index (χ0n) is 16.5. The van der Waals surface area contributed by atoms with E-state index >= 15 is 0 Å². The molecule has 4 aromatic rings. The monoisotopic (exact) mass is 388 g/mol. The maximum absolute atomic E-state index is 13.1. The number of halogens is 1. The first kappa shape index (κ1) is 18.9. The lowest BCUT2D eigenvalue weighted by atomic mass is 10.0. The molecule has 0 fully saturated rings. The van der Waals surface area contributed by atoms with Gasteiger partial charge < -0.3 is 9.73 Å². The van der Waals surface area contributed by atoms with Crippen molar-refractivity contribution in [3.05, 3.63) is 83.2 Å². The van der Waals surface area contributed by atoms with E-state index in [1.165, 1.54) is 29.8 Å². The van der Waals surface area contributed by atoms with Gasteiger partial charge in [-0.25, -0.2) is 9.37 Å². The van der Waals surface area contributed by atoms with Gasteiger partial charge in [-0.3, -0.25) is 4.79 Å². The lowest BCUT2D eigenvalue weighted by molar-refractivity contribution is 0.102. The number of rotatable bonds is 4. The molecule has 0 aliphatic heterocycles. The van der Waals surface area contributed by atoms with Crippen molar-refractivity contribution in [2.45, 2.75) is 26.7 Å². The van der Waals surface area contributed by atoms with Crippen LogP contribution in [0.2, 0.25) is 0 Å².